The standard InChI is InChI=1S/C8H13NO4/c1-5(10)2-8(13)9-3-6(11)7(12)4-9/h6-7,11-12H,2-4H2,1H3. The molecule has 1 rings (SSSR count). The van der Waals surface area contributed by atoms with Gasteiger partial charge in [-0.15, -0.1) is 0 Å². The highest BCUT2D eigenvalue weighted by molar-refractivity contribution is 5.96. The molecule has 2 atom stereocenters. The number of ketones is 1. The van der Waals surface area contributed by atoms with E-state index in [4.69, 9.17) is 10.2 Å². The molecule has 2 unspecified atom stereocenters. The number of Topliss-reactive ketones (excluding diaryl/α,β-unsaturated/α-hetero) is 1. The molecular weight excluding hydrogens is 174 g/mol. The fourth-order valence-corrected chi connectivity index (χ4v) is 1.30. The Morgan fingerprint density at radius 3 is 2.15 bits per heavy atom. The molecule has 0 aliphatic carbocycles. The molecular formula is C8H13NO4. The third kappa shape index (κ3) is 2.50. The van der Waals surface area contributed by atoms with Crippen molar-refractivity contribution in [1.29, 1.82) is 0 Å². The zero-order chi connectivity index (χ0) is 10.0. The summed E-state index contributed by atoms with van der Waals surface area (Å²) in [6, 6.07) is 0. The van der Waals surface area contributed by atoms with Crippen LogP contribution in [0.3, 0.4) is 0 Å². The summed E-state index contributed by atoms with van der Waals surface area (Å²) < 4.78 is 0. The van der Waals surface area contributed by atoms with Gasteiger partial charge in [-0.25, -0.2) is 0 Å². The van der Waals surface area contributed by atoms with E-state index in [9.17, 15) is 9.59 Å². The highest BCUT2D eigenvalue weighted by Gasteiger charge is 2.32. The fraction of sp³-hybridized carbons (Fsp3) is 0.750. The van der Waals surface area contributed by atoms with Crippen LogP contribution in [0.5, 0.6) is 0 Å². The highest BCUT2D eigenvalue weighted by Crippen LogP contribution is 2.10. The van der Waals surface area contributed by atoms with Crippen molar-refractivity contribution >= 4 is 11.7 Å². The first-order valence-electron chi connectivity index (χ1n) is 4.14. The van der Waals surface area contributed by atoms with Gasteiger partial charge in [0.05, 0.1) is 18.6 Å². The molecule has 1 aliphatic rings. The summed E-state index contributed by atoms with van der Waals surface area (Å²) in [5.41, 5.74) is 0. The zero-order valence-electron chi connectivity index (χ0n) is 7.43. The summed E-state index contributed by atoms with van der Waals surface area (Å²) in [4.78, 5) is 23.1. The molecule has 74 valence electrons. The Bertz CT molecular complexity index is 218. The number of carbonyl (C=O) groups is 2. The van der Waals surface area contributed by atoms with Crippen molar-refractivity contribution in [2.24, 2.45) is 0 Å². The first kappa shape index (κ1) is 10.1. The topological polar surface area (TPSA) is 77.8 Å². The fourth-order valence-electron chi connectivity index (χ4n) is 1.30. The molecule has 0 aromatic rings. The smallest absolute Gasteiger partial charge is 0.230 e. The summed E-state index contributed by atoms with van der Waals surface area (Å²) in [6.45, 7) is 1.57. The van der Waals surface area contributed by atoms with Gasteiger partial charge in [-0.05, 0) is 6.92 Å². The second-order valence-corrected chi connectivity index (χ2v) is 3.31. The Labute approximate surface area is 76.0 Å². The van der Waals surface area contributed by atoms with Gasteiger partial charge in [-0.1, -0.05) is 0 Å². The molecule has 1 aliphatic heterocycles. The quantitative estimate of drug-likeness (QED) is 0.517. The van der Waals surface area contributed by atoms with Crippen LogP contribution in [0.1, 0.15) is 13.3 Å². The van der Waals surface area contributed by atoms with Crippen molar-refractivity contribution in [3.05, 3.63) is 0 Å². The van der Waals surface area contributed by atoms with Crippen LogP contribution in [0.2, 0.25) is 0 Å². The van der Waals surface area contributed by atoms with Gasteiger partial charge in [-0.2, -0.15) is 0 Å². The number of aliphatic hydroxyl groups is 2. The maximum absolute atomic E-state index is 11.2. The lowest BCUT2D eigenvalue weighted by Crippen LogP contribution is -2.30. The van der Waals surface area contributed by atoms with Gasteiger partial charge in [0.25, 0.3) is 0 Å². The summed E-state index contributed by atoms with van der Waals surface area (Å²) in [5.74, 6) is -0.538. The molecule has 0 radical (unpaired) electrons. The Balaban J connectivity index is 2.46. The van der Waals surface area contributed by atoms with E-state index in [1.165, 1.54) is 11.8 Å². The minimum atomic E-state index is -0.879. The number of hydrogen-bond donors (Lipinski definition) is 2. The average molecular weight is 187 g/mol. The van der Waals surface area contributed by atoms with Crippen LogP contribution in [0.25, 0.3) is 0 Å². The Kier molecular flexibility index (Phi) is 3.00. The number of β-amino-alcohol motifs (C(OH)–C–C–N with tert-alkyl or cyclic N) is 2. The lowest BCUT2D eigenvalue weighted by atomic mass is 10.3. The largest absolute Gasteiger partial charge is 0.388 e. The van der Waals surface area contributed by atoms with Gasteiger partial charge in [0, 0.05) is 13.1 Å². The number of amides is 1. The number of rotatable bonds is 2. The second-order valence-electron chi connectivity index (χ2n) is 3.31. The number of aliphatic hydroxyl groups excluding tert-OH is 2. The van der Waals surface area contributed by atoms with Crippen molar-refractivity contribution < 1.29 is 19.8 Å². The maximum Gasteiger partial charge on any atom is 0.230 e. The monoisotopic (exact) mass is 187 g/mol. The predicted molar refractivity (Wildman–Crippen MR) is 43.9 cm³/mol. The van der Waals surface area contributed by atoms with Crippen LogP contribution in [0.15, 0.2) is 0 Å². The van der Waals surface area contributed by atoms with Crippen LogP contribution in [-0.4, -0.2) is 52.1 Å². The molecule has 0 aromatic heterocycles. The third-order valence-electron chi connectivity index (χ3n) is 2.01. The lowest BCUT2D eigenvalue weighted by molar-refractivity contribution is -0.134. The van der Waals surface area contributed by atoms with E-state index in [2.05, 4.69) is 0 Å². The average Bonchev–Trinajstić information content (AvgIpc) is 2.31. The van der Waals surface area contributed by atoms with E-state index < -0.39 is 12.2 Å². The predicted octanol–water partition coefficient (Wildman–Crippen LogP) is -1.47. The van der Waals surface area contributed by atoms with Gasteiger partial charge in [0.1, 0.15) is 5.78 Å². The molecule has 5 heteroatoms. The van der Waals surface area contributed by atoms with Crippen LogP contribution in [0, 0.1) is 0 Å². The van der Waals surface area contributed by atoms with E-state index in [0.29, 0.717) is 0 Å². The van der Waals surface area contributed by atoms with Gasteiger partial charge >= 0.3 is 0 Å². The van der Waals surface area contributed by atoms with E-state index in [1.807, 2.05) is 0 Å². The summed E-state index contributed by atoms with van der Waals surface area (Å²) in [7, 11) is 0. The summed E-state index contributed by atoms with van der Waals surface area (Å²) in [5, 5.41) is 18.2. The minimum absolute atomic E-state index is 0.118. The number of hydrogen-bond acceptors (Lipinski definition) is 4. The zero-order valence-corrected chi connectivity index (χ0v) is 7.43. The number of nitrogens with zero attached hydrogens (tertiary/aromatic N) is 1. The van der Waals surface area contributed by atoms with Crippen LogP contribution in [0.4, 0.5) is 0 Å². The molecule has 2 N–H and O–H groups in total. The Hall–Kier alpha value is -0.940. The molecule has 5 nitrogen and oxygen atoms in total. The van der Waals surface area contributed by atoms with E-state index in [1.54, 1.807) is 0 Å². The van der Waals surface area contributed by atoms with Crippen molar-refractivity contribution in [3.63, 3.8) is 0 Å². The Morgan fingerprint density at radius 2 is 1.77 bits per heavy atom. The van der Waals surface area contributed by atoms with Crippen LogP contribution >= 0.6 is 0 Å². The molecule has 0 aromatic carbocycles. The minimum Gasteiger partial charge on any atom is -0.388 e. The number of carbonyl (C=O) groups excluding carboxylic acids is 2. The normalized spacial score (nSPS) is 27.8. The molecule has 13 heavy (non-hydrogen) atoms. The first-order valence-corrected chi connectivity index (χ1v) is 4.14. The van der Waals surface area contributed by atoms with E-state index in [-0.39, 0.29) is 31.2 Å². The molecule has 0 spiro atoms. The van der Waals surface area contributed by atoms with Crippen LogP contribution < -0.4 is 0 Å². The molecule has 0 saturated carbocycles. The van der Waals surface area contributed by atoms with Crippen LogP contribution in [-0.2, 0) is 9.59 Å². The van der Waals surface area contributed by atoms with Gasteiger partial charge in [-0.3, -0.25) is 9.59 Å². The van der Waals surface area contributed by atoms with E-state index in [0.717, 1.165) is 0 Å². The SMILES string of the molecule is CC(=O)CC(=O)N1CC(O)C(O)C1. The number of likely N-dealkylation sites (tertiary alicyclic amines) is 1. The molecule has 1 fully saturated rings. The van der Waals surface area contributed by atoms with Crippen molar-refractivity contribution in [1.82, 2.24) is 4.90 Å². The molecule has 0 bridgehead atoms. The lowest BCUT2D eigenvalue weighted by Gasteiger charge is -2.13. The van der Waals surface area contributed by atoms with Gasteiger partial charge < -0.3 is 15.1 Å². The molecule has 1 amide bonds. The van der Waals surface area contributed by atoms with Gasteiger partial charge in [0.15, 0.2) is 0 Å². The van der Waals surface area contributed by atoms with E-state index >= 15 is 0 Å². The van der Waals surface area contributed by atoms with Crippen molar-refractivity contribution in [3.8, 4) is 0 Å². The molecule has 1 saturated heterocycles. The third-order valence-corrected chi connectivity index (χ3v) is 2.01. The Morgan fingerprint density at radius 1 is 1.31 bits per heavy atom. The van der Waals surface area contributed by atoms with Gasteiger partial charge in [0.2, 0.25) is 5.91 Å². The molecule has 1 heterocycles. The second kappa shape index (κ2) is 3.85. The van der Waals surface area contributed by atoms with Crippen molar-refractivity contribution in [2.75, 3.05) is 13.1 Å². The summed E-state index contributed by atoms with van der Waals surface area (Å²) in [6.07, 6.45) is -1.91. The maximum atomic E-state index is 11.2. The summed E-state index contributed by atoms with van der Waals surface area (Å²) >= 11 is 0. The highest BCUT2D eigenvalue weighted by atomic mass is 16.3. The first-order chi connectivity index (χ1) is 6.00. The van der Waals surface area contributed by atoms with Crippen molar-refractivity contribution in [2.45, 2.75) is 25.6 Å².